The van der Waals surface area contributed by atoms with Gasteiger partial charge in [0, 0.05) is 10.4 Å². The zero-order valence-electron chi connectivity index (χ0n) is 9.21. The van der Waals surface area contributed by atoms with E-state index in [9.17, 15) is 0 Å². The van der Waals surface area contributed by atoms with Gasteiger partial charge < -0.3 is 0 Å². The first kappa shape index (κ1) is 9.79. The van der Waals surface area contributed by atoms with E-state index in [-0.39, 0.29) is 0 Å². The van der Waals surface area contributed by atoms with Crippen LogP contribution in [0.3, 0.4) is 0 Å². The molecule has 0 bridgehead atoms. The maximum atomic E-state index is 5.98. The van der Waals surface area contributed by atoms with Crippen LogP contribution in [0.15, 0.2) is 42.5 Å². The molecule has 18 heavy (non-hydrogen) atoms. The number of hydrogen-bond donors (Lipinski definition) is 0. The van der Waals surface area contributed by atoms with Gasteiger partial charge in [-0.15, -0.1) is 5.10 Å². The average Bonchev–Trinajstić information content (AvgIpc) is 2.76. The van der Waals surface area contributed by atoms with Crippen molar-refractivity contribution < 1.29 is 0 Å². The van der Waals surface area contributed by atoms with Crippen LogP contribution < -0.4 is 0 Å². The third kappa shape index (κ3) is 1.23. The fourth-order valence-electron chi connectivity index (χ4n) is 2.15. The highest BCUT2D eigenvalue weighted by Crippen LogP contribution is 2.23. The molecule has 0 atom stereocenters. The number of halogens is 1. The fraction of sp³-hybridized carbons (Fsp3) is 0. The Kier molecular flexibility index (Phi) is 1.85. The van der Waals surface area contributed by atoms with Crippen molar-refractivity contribution in [3.63, 3.8) is 0 Å². The molecule has 0 saturated heterocycles. The van der Waals surface area contributed by atoms with E-state index in [0.29, 0.717) is 5.02 Å². The summed E-state index contributed by atoms with van der Waals surface area (Å²) in [7, 11) is 0. The van der Waals surface area contributed by atoms with E-state index >= 15 is 0 Å². The largest absolute Gasteiger partial charge is 0.226 e. The van der Waals surface area contributed by atoms with E-state index in [1.165, 1.54) is 0 Å². The number of nitrogens with zero attached hydrogens (tertiary/aromatic N) is 4. The Hall–Kier alpha value is -2.20. The molecular weight excluding hydrogens is 248 g/mol. The number of aromatic nitrogens is 4. The monoisotopic (exact) mass is 254 g/mol. The molecule has 0 aliphatic heterocycles. The van der Waals surface area contributed by atoms with Crippen molar-refractivity contribution in [2.45, 2.75) is 0 Å². The molecular formula is C13H7ClN4. The number of fused-ring (bicyclic) bond motifs is 5. The zero-order chi connectivity index (χ0) is 12.1. The molecule has 2 aromatic heterocycles. The van der Waals surface area contributed by atoms with Crippen molar-refractivity contribution in [2.75, 3.05) is 0 Å². The quantitative estimate of drug-likeness (QED) is 0.484. The lowest BCUT2D eigenvalue weighted by Gasteiger charge is -1.97. The maximum Gasteiger partial charge on any atom is 0.166 e. The van der Waals surface area contributed by atoms with Gasteiger partial charge in [0.1, 0.15) is 0 Å². The molecule has 4 rings (SSSR count). The Balaban J connectivity index is 2.29. The van der Waals surface area contributed by atoms with Crippen LogP contribution in [0.5, 0.6) is 0 Å². The van der Waals surface area contributed by atoms with Crippen molar-refractivity contribution >= 4 is 39.2 Å². The highest BCUT2D eigenvalue weighted by atomic mass is 35.5. The van der Waals surface area contributed by atoms with Gasteiger partial charge in [-0.2, -0.15) is 4.52 Å². The minimum absolute atomic E-state index is 0.670. The first-order valence-electron chi connectivity index (χ1n) is 5.52. The molecule has 0 radical (unpaired) electrons. The van der Waals surface area contributed by atoms with Crippen LogP contribution in [0.4, 0.5) is 0 Å². The molecule has 2 heterocycles. The van der Waals surface area contributed by atoms with E-state index in [1.807, 2.05) is 42.5 Å². The molecule has 0 amide bonds. The second-order valence-electron chi connectivity index (χ2n) is 4.09. The molecule has 0 fully saturated rings. The topological polar surface area (TPSA) is 43.1 Å². The summed E-state index contributed by atoms with van der Waals surface area (Å²) in [5, 5.41) is 10.0. The molecule has 5 heteroatoms. The fourth-order valence-corrected chi connectivity index (χ4v) is 2.31. The minimum Gasteiger partial charge on any atom is -0.226 e. The smallest absolute Gasteiger partial charge is 0.166 e. The summed E-state index contributed by atoms with van der Waals surface area (Å²) in [5.74, 6) is 0. The van der Waals surface area contributed by atoms with Crippen molar-refractivity contribution in [1.82, 2.24) is 19.8 Å². The number of hydrogen-bond acceptors (Lipinski definition) is 3. The van der Waals surface area contributed by atoms with E-state index in [2.05, 4.69) is 15.3 Å². The average molecular weight is 255 g/mol. The minimum atomic E-state index is 0.670. The van der Waals surface area contributed by atoms with Crippen molar-refractivity contribution in [1.29, 1.82) is 0 Å². The van der Waals surface area contributed by atoms with Gasteiger partial charge in [-0.05, 0) is 30.3 Å². The third-order valence-corrected chi connectivity index (χ3v) is 3.21. The molecule has 0 N–H and O–H groups in total. The van der Waals surface area contributed by atoms with Gasteiger partial charge in [0.15, 0.2) is 5.65 Å². The molecule has 4 aromatic rings. The number of benzene rings is 2. The van der Waals surface area contributed by atoms with Gasteiger partial charge in [0.25, 0.3) is 0 Å². The Labute approximate surface area is 107 Å². The molecule has 0 saturated carbocycles. The van der Waals surface area contributed by atoms with Crippen LogP contribution in [-0.4, -0.2) is 19.8 Å². The summed E-state index contributed by atoms with van der Waals surface area (Å²) < 4.78 is 1.74. The normalized spacial score (nSPS) is 11.6. The Morgan fingerprint density at radius 1 is 1.00 bits per heavy atom. The lowest BCUT2D eigenvalue weighted by atomic mass is 10.2. The molecule has 0 aliphatic carbocycles. The predicted molar refractivity (Wildman–Crippen MR) is 70.8 cm³/mol. The predicted octanol–water partition coefficient (Wildman–Crippen LogP) is 3.08. The first-order valence-corrected chi connectivity index (χ1v) is 5.90. The van der Waals surface area contributed by atoms with Crippen molar-refractivity contribution in [2.24, 2.45) is 0 Å². The van der Waals surface area contributed by atoms with Gasteiger partial charge in [-0.3, -0.25) is 0 Å². The molecule has 2 aromatic carbocycles. The molecule has 0 spiro atoms. The van der Waals surface area contributed by atoms with Crippen LogP contribution >= 0.6 is 11.6 Å². The lowest BCUT2D eigenvalue weighted by Crippen LogP contribution is -1.95. The second-order valence-corrected chi connectivity index (χ2v) is 4.52. The van der Waals surface area contributed by atoms with Gasteiger partial charge in [0.05, 0.1) is 16.6 Å². The summed E-state index contributed by atoms with van der Waals surface area (Å²) in [6.45, 7) is 0. The van der Waals surface area contributed by atoms with Crippen LogP contribution in [0.1, 0.15) is 0 Å². The Morgan fingerprint density at radius 2 is 1.89 bits per heavy atom. The van der Waals surface area contributed by atoms with Gasteiger partial charge in [-0.25, -0.2) is 4.98 Å². The zero-order valence-corrected chi connectivity index (χ0v) is 9.96. The lowest BCUT2D eigenvalue weighted by molar-refractivity contribution is 0.850. The SMILES string of the molecule is Clc1ccc2c(c1)nc1c3ccccc3nnn21. The van der Waals surface area contributed by atoms with Crippen LogP contribution in [-0.2, 0) is 0 Å². The molecule has 86 valence electrons. The summed E-state index contributed by atoms with van der Waals surface area (Å²) in [6.07, 6.45) is 0. The molecule has 0 aliphatic rings. The van der Waals surface area contributed by atoms with Gasteiger partial charge >= 0.3 is 0 Å². The highest BCUT2D eigenvalue weighted by molar-refractivity contribution is 6.31. The summed E-state index contributed by atoms with van der Waals surface area (Å²) in [4.78, 5) is 4.58. The standard InChI is InChI=1S/C13H7ClN4/c14-8-5-6-12-11(7-8)15-13-9-3-1-2-4-10(9)16-17-18(12)13/h1-7H. The van der Waals surface area contributed by atoms with Gasteiger partial charge in [0.2, 0.25) is 0 Å². The van der Waals surface area contributed by atoms with Crippen molar-refractivity contribution in [3.05, 3.63) is 47.5 Å². The van der Waals surface area contributed by atoms with Crippen LogP contribution in [0, 0.1) is 0 Å². The van der Waals surface area contributed by atoms with Crippen LogP contribution in [0.25, 0.3) is 27.6 Å². The van der Waals surface area contributed by atoms with Crippen LogP contribution in [0.2, 0.25) is 5.02 Å². The van der Waals surface area contributed by atoms with Gasteiger partial charge in [-0.1, -0.05) is 28.9 Å². The summed E-state index contributed by atoms with van der Waals surface area (Å²) in [6, 6.07) is 13.4. The number of rotatable bonds is 0. The molecule has 0 unspecified atom stereocenters. The summed E-state index contributed by atoms with van der Waals surface area (Å²) in [5.41, 5.74) is 3.38. The first-order chi connectivity index (χ1) is 8.83. The van der Waals surface area contributed by atoms with Crippen molar-refractivity contribution in [3.8, 4) is 0 Å². The highest BCUT2D eigenvalue weighted by Gasteiger charge is 2.09. The third-order valence-electron chi connectivity index (χ3n) is 2.98. The maximum absolute atomic E-state index is 5.98. The molecule has 4 nitrogen and oxygen atoms in total. The van der Waals surface area contributed by atoms with E-state index in [1.54, 1.807) is 4.52 Å². The second kappa shape index (κ2) is 3.40. The Morgan fingerprint density at radius 3 is 2.83 bits per heavy atom. The summed E-state index contributed by atoms with van der Waals surface area (Å²) >= 11 is 5.98. The Bertz CT molecular complexity index is 897. The van der Waals surface area contributed by atoms with E-state index in [4.69, 9.17) is 11.6 Å². The van der Waals surface area contributed by atoms with E-state index < -0.39 is 0 Å². The van der Waals surface area contributed by atoms with E-state index in [0.717, 1.165) is 27.6 Å². The number of imidazole rings is 1.